The Hall–Kier alpha value is -2.48. The van der Waals surface area contributed by atoms with Gasteiger partial charge in [0.15, 0.2) is 0 Å². The highest BCUT2D eigenvalue weighted by molar-refractivity contribution is 5.85. The first-order valence-electron chi connectivity index (χ1n) is 9.39. The Morgan fingerprint density at radius 3 is 2.52 bits per heavy atom. The van der Waals surface area contributed by atoms with Crippen molar-refractivity contribution < 1.29 is 14.8 Å². The van der Waals surface area contributed by atoms with Crippen LogP contribution in [0.1, 0.15) is 23.6 Å². The number of benzene rings is 2. The number of rotatable bonds is 7. The highest BCUT2D eigenvalue weighted by atomic mass is 35.5. The molecule has 0 aromatic heterocycles. The Morgan fingerprint density at radius 2 is 1.90 bits per heavy atom. The molecule has 0 saturated carbocycles. The molecule has 8 heteroatoms. The zero-order valence-electron chi connectivity index (χ0n) is 16.3. The minimum Gasteiger partial charge on any atom is -0.392 e. The Morgan fingerprint density at radius 1 is 1.24 bits per heavy atom. The van der Waals surface area contributed by atoms with Gasteiger partial charge in [-0.1, -0.05) is 48.5 Å². The molecule has 1 N–H and O–H groups in total. The fraction of sp³-hybridized carbons (Fsp3) is 0.381. The lowest BCUT2D eigenvalue weighted by molar-refractivity contribution is -0.385. The maximum Gasteiger partial charge on any atom is 0.273 e. The van der Waals surface area contributed by atoms with Crippen molar-refractivity contribution in [3.63, 3.8) is 0 Å². The second-order valence-corrected chi connectivity index (χ2v) is 7.20. The number of para-hydroxylation sites is 1. The van der Waals surface area contributed by atoms with E-state index in [2.05, 4.69) is 4.90 Å². The lowest BCUT2D eigenvalue weighted by Crippen LogP contribution is -2.39. The van der Waals surface area contributed by atoms with Crippen molar-refractivity contribution in [3.8, 4) is 0 Å². The third kappa shape index (κ3) is 5.76. The van der Waals surface area contributed by atoms with Crippen LogP contribution >= 0.6 is 12.4 Å². The smallest absolute Gasteiger partial charge is 0.273 e. The van der Waals surface area contributed by atoms with Gasteiger partial charge in [0.1, 0.15) is 0 Å². The van der Waals surface area contributed by atoms with E-state index >= 15 is 0 Å². The lowest BCUT2D eigenvalue weighted by Gasteiger charge is -2.32. The number of carbonyl (C=O) groups is 1. The normalized spacial score (nSPS) is 17.4. The molecule has 1 amide bonds. The average molecular weight is 420 g/mol. The molecule has 1 fully saturated rings. The van der Waals surface area contributed by atoms with Crippen molar-refractivity contribution >= 4 is 24.0 Å². The predicted octanol–water partition coefficient (Wildman–Crippen LogP) is 2.83. The minimum absolute atomic E-state index is 0. The topological polar surface area (TPSA) is 86.9 Å². The van der Waals surface area contributed by atoms with E-state index in [9.17, 15) is 20.0 Å². The number of aliphatic hydroxyl groups excluding tert-OH is 1. The number of hydrogen-bond acceptors (Lipinski definition) is 5. The maximum atomic E-state index is 13.0. The van der Waals surface area contributed by atoms with E-state index in [0.717, 1.165) is 18.5 Å². The fourth-order valence-electron chi connectivity index (χ4n) is 3.65. The Bertz CT molecular complexity index is 834. The van der Waals surface area contributed by atoms with Crippen LogP contribution in [0, 0.1) is 10.1 Å². The zero-order valence-corrected chi connectivity index (χ0v) is 17.1. The number of carbonyl (C=O) groups excluding carboxylic acids is 1. The number of aliphatic hydroxyl groups is 1. The van der Waals surface area contributed by atoms with E-state index in [1.165, 1.54) is 6.07 Å². The molecule has 3 rings (SSSR count). The molecule has 0 radical (unpaired) electrons. The molecule has 0 aliphatic carbocycles. The molecule has 1 aliphatic heterocycles. The Balaban J connectivity index is 0.00000300. The number of likely N-dealkylation sites (tertiary alicyclic amines) is 1. The van der Waals surface area contributed by atoms with Gasteiger partial charge in [0.05, 0.1) is 23.5 Å². The molecule has 2 aromatic rings. The van der Waals surface area contributed by atoms with Gasteiger partial charge in [0, 0.05) is 38.3 Å². The number of nitro groups is 1. The molecule has 1 saturated heterocycles. The first kappa shape index (κ1) is 22.8. The van der Waals surface area contributed by atoms with E-state index in [1.807, 2.05) is 30.3 Å². The summed E-state index contributed by atoms with van der Waals surface area (Å²) in [5.41, 5.74) is 1.37. The zero-order chi connectivity index (χ0) is 20.1. The first-order chi connectivity index (χ1) is 13.5. The summed E-state index contributed by atoms with van der Waals surface area (Å²) in [7, 11) is 1.74. The van der Waals surface area contributed by atoms with E-state index in [0.29, 0.717) is 18.7 Å². The molecule has 7 nitrogen and oxygen atoms in total. The second-order valence-electron chi connectivity index (χ2n) is 7.20. The summed E-state index contributed by atoms with van der Waals surface area (Å²) in [4.78, 5) is 27.6. The number of likely N-dealkylation sites (N-methyl/N-ethyl adjacent to an activating group) is 1. The van der Waals surface area contributed by atoms with Gasteiger partial charge in [0.2, 0.25) is 5.91 Å². The highest BCUT2D eigenvalue weighted by Crippen LogP contribution is 2.25. The third-order valence-corrected chi connectivity index (χ3v) is 5.25. The molecule has 2 aromatic carbocycles. The van der Waals surface area contributed by atoms with Crippen LogP contribution in [0.3, 0.4) is 0 Å². The summed E-state index contributed by atoms with van der Waals surface area (Å²) in [6.45, 7) is 1.99. The van der Waals surface area contributed by atoms with Gasteiger partial charge < -0.3 is 10.0 Å². The van der Waals surface area contributed by atoms with Crippen molar-refractivity contribution in [1.29, 1.82) is 0 Å². The van der Waals surface area contributed by atoms with E-state index in [-0.39, 0.29) is 42.6 Å². The van der Waals surface area contributed by atoms with Crippen LogP contribution in [-0.2, 0) is 11.2 Å². The van der Waals surface area contributed by atoms with Gasteiger partial charge in [-0.05, 0) is 12.0 Å². The molecular formula is C21H26ClN3O4. The first-order valence-corrected chi connectivity index (χ1v) is 9.39. The molecule has 1 heterocycles. The number of hydrogen-bond donors (Lipinski definition) is 1. The molecular weight excluding hydrogens is 394 g/mol. The monoisotopic (exact) mass is 419 g/mol. The van der Waals surface area contributed by atoms with E-state index < -0.39 is 4.92 Å². The van der Waals surface area contributed by atoms with Crippen LogP contribution in [-0.4, -0.2) is 58.5 Å². The number of halogens is 1. The summed E-state index contributed by atoms with van der Waals surface area (Å²) in [5, 5.41) is 21.1. The molecule has 0 bridgehead atoms. The van der Waals surface area contributed by atoms with Crippen LogP contribution in [0.4, 0.5) is 5.69 Å². The number of nitrogens with zero attached hydrogens (tertiary/aromatic N) is 3. The minimum atomic E-state index is -0.455. The number of amides is 1. The van der Waals surface area contributed by atoms with Crippen molar-refractivity contribution in [2.75, 3.05) is 26.7 Å². The van der Waals surface area contributed by atoms with Crippen molar-refractivity contribution in [2.45, 2.75) is 25.0 Å². The van der Waals surface area contributed by atoms with Gasteiger partial charge in [-0.25, -0.2) is 0 Å². The number of nitro benzene ring substituents is 1. The molecule has 1 aliphatic rings. The van der Waals surface area contributed by atoms with E-state index in [4.69, 9.17) is 0 Å². The van der Waals surface area contributed by atoms with Gasteiger partial charge >= 0.3 is 0 Å². The Kier molecular flexibility index (Phi) is 8.13. The lowest BCUT2D eigenvalue weighted by atomic mass is 10.0. The standard InChI is InChI=1S/C21H25N3O4.ClH/c1-22(21(26)13-17-9-5-6-10-19(17)24(27)28)20(16-7-3-2-4-8-16)15-23-12-11-18(25)14-23;/h2-10,18,20,25H,11-15H2,1H3;1H/t18-,20+;/m0./s1. The fourth-order valence-corrected chi connectivity index (χ4v) is 3.65. The largest absolute Gasteiger partial charge is 0.392 e. The SMILES string of the molecule is CN(C(=O)Cc1ccccc1[N+](=O)[O-])[C@H](CN1CC[C@H](O)C1)c1ccccc1.Cl. The summed E-state index contributed by atoms with van der Waals surface area (Å²) in [6, 6.07) is 15.9. The highest BCUT2D eigenvalue weighted by Gasteiger charge is 2.28. The maximum absolute atomic E-state index is 13.0. The molecule has 29 heavy (non-hydrogen) atoms. The average Bonchev–Trinajstić information content (AvgIpc) is 3.11. The molecule has 2 atom stereocenters. The van der Waals surface area contributed by atoms with Crippen molar-refractivity contribution in [1.82, 2.24) is 9.80 Å². The second kappa shape index (κ2) is 10.3. The molecule has 0 unspecified atom stereocenters. The van der Waals surface area contributed by atoms with Crippen molar-refractivity contribution in [3.05, 3.63) is 75.8 Å². The number of β-amino-alcohol motifs (C(OH)–C–C–N with tert-alkyl or cyclic N) is 1. The third-order valence-electron chi connectivity index (χ3n) is 5.25. The van der Waals surface area contributed by atoms with Gasteiger partial charge in [-0.3, -0.25) is 19.8 Å². The van der Waals surface area contributed by atoms with Gasteiger partial charge in [0.25, 0.3) is 5.69 Å². The van der Waals surface area contributed by atoms with Crippen LogP contribution in [0.25, 0.3) is 0 Å². The molecule has 0 spiro atoms. The van der Waals surface area contributed by atoms with Crippen LogP contribution < -0.4 is 0 Å². The van der Waals surface area contributed by atoms with Crippen LogP contribution in [0.5, 0.6) is 0 Å². The Labute approximate surface area is 176 Å². The summed E-state index contributed by atoms with van der Waals surface area (Å²) >= 11 is 0. The van der Waals surface area contributed by atoms with Crippen molar-refractivity contribution in [2.24, 2.45) is 0 Å². The van der Waals surface area contributed by atoms with Crippen LogP contribution in [0.15, 0.2) is 54.6 Å². The van der Waals surface area contributed by atoms with Gasteiger partial charge in [-0.2, -0.15) is 0 Å². The van der Waals surface area contributed by atoms with Gasteiger partial charge in [-0.15, -0.1) is 12.4 Å². The quantitative estimate of drug-likeness (QED) is 0.550. The van der Waals surface area contributed by atoms with Crippen LogP contribution in [0.2, 0.25) is 0 Å². The summed E-state index contributed by atoms with van der Waals surface area (Å²) in [6.07, 6.45) is 0.374. The summed E-state index contributed by atoms with van der Waals surface area (Å²) in [5.74, 6) is -0.178. The summed E-state index contributed by atoms with van der Waals surface area (Å²) < 4.78 is 0. The predicted molar refractivity (Wildman–Crippen MR) is 113 cm³/mol. The van der Waals surface area contributed by atoms with E-state index in [1.54, 1.807) is 30.1 Å². The molecule has 156 valence electrons.